The normalized spacial score (nSPS) is 12.4. The number of carbonyl (C=O) groups excluding carboxylic acids is 1. The molecule has 4 N–H and O–H groups in total. The highest BCUT2D eigenvalue weighted by molar-refractivity contribution is 6.41. The largest absolute Gasteiger partial charge is 0.411 e. The number of carbonyl (C=O) groups is 1. The van der Waals surface area contributed by atoms with E-state index in [9.17, 15) is 4.79 Å². The minimum atomic E-state index is -0.421. The van der Waals surface area contributed by atoms with Crippen LogP contribution in [0.15, 0.2) is 34.4 Å². The van der Waals surface area contributed by atoms with Gasteiger partial charge in [0.05, 0.1) is 22.7 Å². The van der Waals surface area contributed by atoms with Gasteiger partial charge in [0.15, 0.2) is 0 Å². The zero-order chi connectivity index (χ0) is 12.8. The summed E-state index contributed by atoms with van der Waals surface area (Å²) in [6, 6.07) is 6.76. The maximum absolute atomic E-state index is 11.5. The highest BCUT2D eigenvalue weighted by Gasteiger charge is 2.09. The van der Waals surface area contributed by atoms with Crippen LogP contribution in [-0.4, -0.2) is 22.5 Å². The minimum absolute atomic E-state index is 0.361. The van der Waals surface area contributed by atoms with Crippen LogP contribution in [0, 0.1) is 0 Å². The van der Waals surface area contributed by atoms with Crippen LogP contribution in [0.4, 0.5) is 5.69 Å². The molecule has 0 aliphatic rings. The van der Waals surface area contributed by atoms with Gasteiger partial charge in [0.1, 0.15) is 0 Å². The van der Waals surface area contributed by atoms with Crippen LogP contribution in [0.1, 0.15) is 24.2 Å². The third-order valence-electron chi connectivity index (χ3n) is 2.24. The number of hydrazine groups is 1. The third kappa shape index (κ3) is 3.12. The van der Waals surface area contributed by atoms with Crippen molar-refractivity contribution in [1.82, 2.24) is 5.43 Å². The molecule has 0 saturated carbocycles. The molecule has 0 atom stereocenters. The molecule has 0 bridgehead atoms. The number of amides is 1. The van der Waals surface area contributed by atoms with Crippen molar-refractivity contribution in [3.05, 3.63) is 29.8 Å². The van der Waals surface area contributed by atoms with Gasteiger partial charge >= 0.3 is 0 Å². The van der Waals surface area contributed by atoms with Crippen LogP contribution in [0.5, 0.6) is 0 Å². The molecule has 0 fully saturated rings. The van der Waals surface area contributed by atoms with Gasteiger partial charge in [-0.2, -0.15) is 0 Å². The predicted octanol–water partition coefficient (Wildman–Crippen LogP) is 1.23. The minimum Gasteiger partial charge on any atom is -0.411 e. The van der Waals surface area contributed by atoms with Crippen molar-refractivity contribution in [2.24, 2.45) is 16.0 Å². The molecule has 0 radical (unpaired) electrons. The fourth-order valence-corrected chi connectivity index (χ4v) is 1.17. The van der Waals surface area contributed by atoms with Gasteiger partial charge in [-0.25, -0.2) is 5.84 Å². The van der Waals surface area contributed by atoms with E-state index in [1.807, 2.05) is 0 Å². The van der Waals surface area contributed by atoms with Crippen LogP contribution in [0.2, 0.25) is 0 Å². The Bertz CT molecular complexity index is 480. The van der Waals surface area contributed by atoms with Gasteiger partial charge in [-0.15, -0.1) is 0 Å². The molecule has 6 heteroatoms. The molecule has 0 aliphatic carbocycles. The van der Waals surface area contributed by atoms with Gasteiger partial charge in [-0.1, -0.05) is 17.3 Å². The van der Waals surface area contributed by atoms with Crippen molar-refractivity contribution in [3.63, 3.8) is 0 Å². The maximum Gasteiger partial charge on any atom is 0.267 e. The summed E-state index contributed by atoms with van der Waals surface area (Å²) in [6.07, 6.45) is 0. The summed E-state index contributed by atoms with van der Waals surface area (Å²) in [5.41, 5.74) is 3.78. The van der Waals surface area contributed by atoms with Crippen LogP contribution in [0.25, 0.3) is 0 Å². The Labute approximate surface area is 98.8 Å². The lowest BCUT2D eigenvalue weighted by Crippen LogP contribution is -2.30. The Morgan fingerprint density at radius 1 is 1.29 bits per heavy atom. The number of nitrogens with zero attached hydrogens (tertiary/aromatic N) is 2. The number of oxime groups is 1. The lowest BCUT2D eigenvalue weighted by atomic mass is 10.1. The van der Waals surface area contributed by atoms with Crippen LogP contribution in [-0.2, 0) is 0 Å². The van der Waals surface area contributed by atoms with Crippen molar-refractivity contribution in [3.8, 4) is 0 Å². The number of hydrogen-bond donors (Lipinski definition) is 3. The highest BCUT2D eigenvalue weighted by atomic mass is 16.4. The molecule has 90 valence electrons. The van der Waals surface area contributed by atoms with Crippen LogP contribution >= 0.6 is 0 Å². The monoisotopic (exact) mass is 234 g/mol. The first-order chi connectivity index (χ1) is 8.10. The zero-order valence-electron chi connectivity index (χ0n) is 9.64. The SMILES string of the molecule is CC(=Nc1ccccc1C(=O)NN)/C(C)=N\O. The lowest BCUT2D eigenvalue weighted by molar-refractivity contribution is 0.0954. The number of nitrogen functional groups attached to an aromatic ring is 1. The fourth-order valence-electron chi connectivity index (χ4n) is 1.17. The number of hydrogen-bond acceptors (Lipinski definition) is 5. The first-order valence-electron chi connectivity index (χ1n) is 4.94. The van der Waals surface area contributed by atoms with E-state index in [4.69, 9.17) is 11.0 Å². The maximum atomic E-state index is 11.5. The van der Waals surface area contributed by atoms with Crippen LogP contribution in [0.3, 0.4) is 0 Å². The van der Waals surface area contributed by atoms with Gasteiger partial charge in [0, 0.05) is 0 Å². The summed E-state index contributed by atoms with van der Waals surface area (Å²) in [4.78, 5) is 15.7. The average Bonchev–Trinajstić information content (AvgIpc) is 2.37. The van der Waals surface area contributed by atoms with E-state index in [0.717, 1.165) is 0 Å². The number of nitrogens with one attached hydrogen (secondary N) is 1. The molecule has 0 heterocycles. The number of rotatable bonds is 3. The van der Waals surface area contributed by atoms with Crippen molar-refractivity contribution in [2.45, 2.75) is 13.8 Å². The van der Waals surface area contributed by atoms with Crippen molar-refractivity contribution >= 4 is 23.0 Å². The molecule has 0 aliphatic heterocycles. The summed E-state index contributed by atoms with van der Waals surface area (Å²) >= 11 is 0. The van der Waals surface area contributed by atoms with Crippen molar-refractivity contribution in [1.29, 1.82) is 0 Å². The average molecular weight is 234 g/mol. The van der Waals surface area contributed by atoms with E-state index in [1.165, 1.54) is 0 Å². The summed E-state index contributed by atoms with van der Waals surface area (Å²) in [5.74, 6) is 4.66. The molecule has 1 rings (SSSR count). The Morgan fingerprint density at radius 2 is 1.94 bits per heavy atom. The van der Waals surface area contributed by atoms with Gasteiger partial charge in [-0.3, -0.25) is 15.2 Å². The van der Waals surface area contributed by atoms with E-state index in [0.29, 0.717) is 22.7 Å². The number of para-hydroxylation sites is 1. The second kappa shape index (κ2) is 5.76. The molecule has 6 nitrogen and oxygen atoms in total. The van der Waals surface area contributed by atoms with E-state index in [-0.39, 0.29) is 0 Å². The molecule has 1 aromatic rings. The summed E-state index contributed by atoms with van der Waals surface area (Å²) < 4.78 is 0. The first kappa shape index (κ1) is 12.9. The molecule has 0 saturated heterocycles. The van der Waals surface area contributed by atoms with E-state index < -0.39 is 5.91 Å². The van der Waals surface area contributed by atoms with Gasteiger partial charge < -0.3 is 5.21 Å². The first-order valence-corrected chi connectivity index (χ1v) is 4.94. The molecule has 1 aromatic carbocycles. The van der Waals surface area contributed by atoms with E-state index in [1.54, 1.807) is 38.1 Å². The molecular weight excluding hydrogens is 220 g/mol. The number of nitrogens with two attached hydrogens (primary N) is 1. The third-order valence-corrected chi connectivity index (χ3v) is 2.24. The van der Waals surface area contributed by atoms with Gasteiger partial charge in [0.25, 0.3) is 5.91 Å². The Morgan fingerprint density at radius 3 is 2.53 bits per heavy atom. The Balaban J connectivity index is 3.19. The van der Waals surface area contributed by atoms with Crippen molar-refractivity contribution < 1.29 is 10.0 Å². The zero-order valence-corrected chi connectivity index (χ0v) is 9.64. The Hall–Kier alpha value is -2.21. The highest BCUT2D eigenvalue weighted by Crippen LogP contribution is 2.18. The van der Waals surface area contributed by atoms with Gasteiger partial charge in [-0.05, 0) is 26.0 Å². The molecule has 1 amide bonds. The molecule has 0 unspecified atom stereocenters. The summed E-state index contributed by atoms with van der Waals surface area (Å²) in [6.45, 7) is 3.30. The molecule has 0 spiro atoms. The second-order valence-corrected chi connectivity index (χ2v) is 3.37. The molecule has 0 aromatic heterocycles. The van der Waals surface area contributed by atoms with Crippen molar-refractivity contribution in [2.75, 3.05) is 0 Å². The molecular formula is C11H14N4O2. The smallest absolute Gasteiger partial charge is 0.267 e. The molecule has 17 heavy (non-hydrogen) atoms. The lowest BCUT2D eigenvalue weighted by Gasteiger charge is -2.04. The van der Waals surface area contributed by atoms with Gasteiger partial charge in [0.2, 0.25) is 0 Å². The predicted molar refractivity (Wildman–Crippen MR) is 65.8 cm³/mol. The fraction of sp³-hybridized carbons (Fsp3) is 0.182. The summed E-state index contributed by atoms with van der Waals surface area (Å²) in [7, 11) is 0. The number of aliphatic imine (C=N–C) groups is 1. The second-order valence-electron chi connectivity index (χ2n) is 3.37. The van der Waals surface area contributed by atoms with E-state index in [2.05, 4.69) is 15.6 Å². The number of benzene rings is 1. The summed E-state index contributed by atoms with van der Waals surface area (Å²) in [5, 5.41) is 11.7. The van der Waals surface area contributed by atoms with Crippen LogP contribution < -0.4 is 11.3 Å². The Kier molecular flexibility index (Phi) is 4.36. The standard InChI is InChI=1S/C11H14N4O2/c1-7(8(2)15-17)13-10-6-4-3-5-9(10)11(16)14-12/h3-6,17H,12H2,1-2H3,(H,14,16)/b13-7?,15-8-. The quantitative estimate of drug-likeness (QED) is 0.241. The van der Waals surface area contributed by atoms with E-state index >= 15 is 0 Å². The topological polar surface area (TPSA) is 100 Å².